The third kappa shape index (κ3) is 4.74. The third-order valence-electron chi connectivity index (χ3n) is 5.44. The monoisotopic (exact) mass is 551 g/mol. The van der Waals surface area contributed by atoms with Gasteiger partial charge >= 0.3 is 0 Å². The molecule has 1 heterocycles. The molecule has 182 valence electrons. The van der Waals surface area contributed by atoms with E-state index < -0.39 is 30.7 Å². The van der Waals surface area contributed by atoms with Gasteiger partial charge in [0, 0.05) is 33.2 Å². The summed E-state index contributed by atoms with van der Waals surface area (Å²) in [6.07, 6.45) is 2.55. The fourth-order valence-corrected chi connectivity index (χ4v) is 6.49. The van der Waals surface area contributed by atoms with Crippen molar-refractivity contribution in [3.8, 4) is 5.75 Å². The first-order valence-electron chi connectivity index (χ1n) is 10.1. The number of hydrogen-bond donors (Lipinski definition) is 3. The van der Waals surface area contributed by atoms with Crippen molar-refractivity contribution in [2.24, 2.45) is 0 Å². The Balaban J connectivity index is 1.90. The van der Waals surface area contributed by atoms with E-state index in [2.05, 4.69) is 14.4 Å². The lowest BCUT2D eigenvalue weighted by Crippen LogP contribution is -2.18. The molecule has 4 aromatic rings. The minimum Gasteiger partial charge on any atom is -0.506 e. The third-order valence-corrected chi connectivity index (χ3v) is 9.04. The molecule has 0 bridgehead atoms. The van der Waals surface area contributed by atoms with E-state index in [1.165, 1.54) is 30.6 Å². The van der Waals surface area contributed by atoms with Crippen molar-refractivity contribution in [2.45, 2.75) is 23.6 Å². The van der Waals surface area contributed by atoms with Crippen molar-refractivity contribution < 1.29 is 21.9 Å². The fraction of sp³-hybridized carbons (Fsp3) is 0.0870. The normalized spacial score (nSPS) is 12.0. The number of halogens is 2. The van der Waals surface area contributed by atoms with Crippen LogP contribution in [0.1, 0.15) is 11.1 Å². The lowest BCUT2D eigenvalue weighted by Gasteiger charge is -2.17. The number of hydrogen-bond acceptors (Lipinski definition) is 6. The molecule has 3 aromatic carbocycles. The van der Waals surface area contributed by atoms with Crippen molar-refractivity contribution >= 4 is 65.4 Å². The molecule has 3 N–H and O–H groups in total. The van der Waals surface area contributed by atoms with E-state index in [1.54, 1.807) is 38.1 Å². The molecule has 35 heavy (non-hydrogen) atoms. The minimum atomic E-state index is -4.44. The van der Waals surface area contributed by atoms with E-state index >= 15 is 0 Å². The van der Waals surface area contributed by atoms with E-state index in [0.717, 1.165) is 6.07 Å². The quantitative estimate of drug-likeness (QED) is 0.292. The molecule has 0 spiro atoms. The average molecular weight is 552 g/mol. The average Bonchev–Trinajstić information content (AvgIpc) is 2.80. The molecule has 0 aliphatic carbocycles. The van der Waals surface area contributed by atoms with Crippen LogP contribution in [0.5, 0.6) is 5.75 Å². The molecule has 0 amide bonds. The zero-order valence-corrected chi connectivity index (χ0v) is 21.5. The number of phenols is 1. The number of benzene rings is 3. The first-order chi connectivity index (χ1) is 16.4. The number of fused-ring (bicyclic) bond motifs is 1. The topological polar surface area (TPSA) is 125 Å². The van der Waals surface area contributed by atoms with Gasteiger partial charge in [-0.25, -0.2) is 16.8 Å². The Morgan fingerprint density at radius 2 is 1.29 bits per heavy atom. The van der Waals surface area contributed by atoms with Gasteiger partial charge in [0.25, 0.3) is 20.0 Å². The van der Waals surface area contributed by atoms with E-state index in [4.69, 9.17) is 23.2 Å². The van der Waals surface area contributed by atoms with Gasteiger partial charge in [-0.05, 0) is 61.4 Å². The number of aromatic nitrogens is 1. The Bertz CT molecular complexity index is 1690. The van der Waals surface area contributed by atoms with Crippen LogP contribution in [0.2, 0.25) is 10.0 Å². The van der Waals surface area contributed by atoms with Gasteiger partial charge in [0.2, 0.25) is 0 Å². The predicted octanol–water partition coefficient (Wildman–Crippen LogP) is 5.47. The highest BCUT2D eigenvalue weighted by atomic mass is 35.5. The molecule has 4 rings (SSSR count). The molecular weight excluding hydrogens is 533 g/mol. The first kappa shape index (κ1) is 25.1. The number of nitrogens with zero attached hydrogens (tertiary/aromatic N) is 1. The molecule has 0 fully saturated rings. The van der Waals surface area contributed by atoms with E-state index in [9.17, 15) is 21.9 Å². The Morgan fingerprint density at radius 3 is 1.83 bits per heavy atom. The highest BCUT2D eigenvalue weighted by molar-refractivity contribution is 7.93. The van der Waals surface area contributed by atoms with Gasteiger partial charge in [-0.15, -0.1) is 0 Å². The van der Waals surface area contributed by atoms with Gasteiger partial charge in [-0.2, -0.15) is 0 Å². The van der Waals surface area contributed by atoms with Crippen LogP contribution < -0.4 is 9.44 Å². The van der Waals surface area contributed by atoms with Crippen molar-refractivity contribution in [1.82, 2.24) is 4.98 Å². The Labute approximate surface area is 212 Å². The fourth-order valence-electron chi connectivity index (χ4n) is 3.46. The van der Waals surface area contributed by atoms with Gasteiger partial charge in [-0.1, -0.05) is 35.3 Å². The number of phenolic OH excluding ortho intramolecular Hbond substituents is 1. The summed E-state index contributed by atoms with van der Waals surface area (Å²) in [5, 5.41) is 11.6. The number of anilines is 2. The molecule has 0 aliphatic heterocycles. The summed E-state index contributed by atoms with van der Waals surface area (Å²) in [7, 11) is -8.78. The summed E-state index contributed by atoms with van der Waals surface area (Å²) in [6.45, 7) is 3.27. The predicted molar refractivity (Wildman–Crippen MR) is 137 cm³/mol. The lowest BCUT2D eigenvalue weighted by molar-refractivity contribution is 0.465. The van der Waals surface area contributed by atoms with Crippen LogP contribution in [-0.2, 0) is 20.0 Å². The number of aromatic hydroxyl groups is 1. The van der Waals surface area contributed by atoms with Crippen LogP contribution in [0.25, 0.3) is 10.8 Å². The SMILES string of the molecule is Cc1c(Cl)cccc1NS(=O)(=O)c1cc(S(=O)(=O)Nc2cccc(Cl)c2C)c2cnccc2c1O. The van der Waals surface area contributed by atoms with Crippen LogP contribution in [0, 0.1) is 13.8 Å². The summed E-state index contributed by atoms with van der Waals surface area (Å²) in [6, 6.07) is 11.6. The number of rotatable bonds is 6. The van der Waals surface area contributed by atoms with Crippen LogP contribution in [0.3, 0.4) is 0 Å². The molecule has 8 nitrogen and oxygen atoms in total. The van der Waals surface area contributed by atoms with Crippen molar-refractivity contribution in [2.75, 3.05) is 9.44 Å². The second-order valence-corrected chi connectivity index (χ2v) is 11.8. The van der Waals surface area contributed by atoms with Crippen molar-refractivity contribution in [3.05, 3.63) is 82.1 Å². The van der Waals surface area contributed by atoms with Crippen LogP contribution >= 0.6 is 23.2 Å². The number of sulfonamides is 2. The van der Waals surface area contributed by atoms with Crippen molar-refractivity contribution in [1.29, 1.82) is 0 Å². The summed E-state index contributed by atoms with van der Waals surface area (Å²) < 4.78 is 58.3. The molecule has 0 unspecified atom stereocenters. The van der Waals surface area contributed by atoms with Crippen LogP contribution in [0.15, 0.2) is 70.7 Å². The zero-order chi connectivity index (χ0) is 25.5. The number of pyridine rings is 1. The standard InChI is InChI=1S/C23H19Cl2N3O5S2/c1-13-17(24)5-3-7-19(13)27-34(30,31)21-11-22(23(29)15-9-10-26-12-16(15)21)35(32,33)28-20-8-4-6-18(25)14(20)2/h3-12,27-29H,1-2H3. The highest BCUT2D eigenvalue weighted by Crippen LogP contribution is 2.38. The molecule has 12 heteroatoms. The van der Waals surface area contributed by atoms with Gasteiger partial charge in [0.1, 0.15) is 10.6 Å². The maximum atomic E-state index is 13.4. The summed E-state index contributed by atoms with van der Waals surface area (Å²) in [5.74, 6) is -0.618. The highest BCUT2D eigenvalue weighted by Gasteiger charge is 2.28. The van der Waals surface area contributed by atoms with Crippen LogP contribution in [-0.4, -0.2) is 26.9 Å². The maximum Gasteiger partial charge on any atom is 0.265 e. The minimum absolute atomic E-state index is 0.00566. The van der Waals surface area contributed by atoms with Gasteiger partial charge in [0.15, 0.2) is 0 Å². The largest absolute Gasteiger partial charge is 0.506 e. The molecule has 0 radical (unpaired) electrons. The molecule has 0 aliphatic rings. The summed E-state index contributed by atoms with van der Waals surface area (Å²) in [5.41, 5.74) is 1.36. The van der Waals surface area contributed by atoms with E-state index in [0.29, 0.717) is 21.2 Å². The maximum absolute atomic E-state index is 13.4. The summed E-state index contributed by atoms with van der Waals surface area (Å²) >= 11 is 12.2. The van der Waals surface area contributed by atoms with E-state index in [-0.39, 0.29) is 27.0 Å². The van der Waals surface area contributed by atoms with Gasteiger partial charge < -0.3 is 5.11 Å². The van der Waals surface area contributed by atoms with E-state index in [1.807, 2.05) is 0 Å². The zero-order valence-electron chi connectivity index (χ0n) is 18.4. The first-order valence-corrected chi connectivity index (χ1v) is 13.8. The summed E-state index contributed by atoms with van der Waals surface area (Å²) in [4.78, 5) is 2.93. The second-order valence-electron chi connectivity index (χ2n) is 7.68. The lowest BCUT2D eigenvalue weighted by atomic mass is 10.1. The second kappa shape index (κ2) is 9.19. The molecule has 0 atom stereocenters. The van der Waals surface area contributed by atoms with Gasteiger partial charge in [-0.3, -0.25) is 14.4 Å². The van der Waals surface area contributed by atoms with Crippen molar-refractivity contribution in [3.63, 3.8) is 0 Å². The van der Waals surface area contributed by atoms with Crippen LogP contribution in [0.4, 0.5) is 11.4 Å². The Hall–Kier alpha value is -3.05. The molecule has 1 aromatic heterocycles. The Morgan fingerprint density at radius 1 is 0.771 bits per heavy atom. The molecule has 0 saturated heterocycles. The molecule has 0 saturated carbocycles. The Kier molecular flexibility index (Phi) is 6.58. The smallest absolute Gasteiger partial charge is 0.265 e. The van der Waals surface area contributed by atoms with Gasteiger partial charge in [0.05, 0.1) is 16.3 Å². The molecular formula is C23H19Cl2N3O5S2. The number of nitrogens with one attached hydrogen (secondary N) is 2.